The summed E-state index contributed by atoms with van der Waals surface area (Å²) in [5.74, 6) is 0. The molecular formula is C10H9ClF3N3. The summed E-state index contributed by atoms with van der Waals surface area (Å²) in [6.45, 7) is 0.383. The predicted molar refractivity (Wildman–Crippen MR) is 58.0 cm³/mol. The Labute approximate surface area is 100 Å². The smallest absolute Gasteiger partial charge is 0.330 e. The third-order valence-corrected chi connectivity index (χ3v) is 2.56. The molecule has 0 aliphatic carbocycles. The standard InChI is InChI=1S/C10H9ClF3N3/c11-8-3-6(10(12,13)14)4-17-5-7(1-2-15)16-9(8)17/h3-5H,1-2,15H2. The van der Waals surface area contributed by atoms with E-state index in [1.807, 2.05) is 0 Å². The fraction of sp³-hybridized carbons (Fsp3) is 0.300. The Morgan fingerprint density at radius 3 is 2.65 bits per heavy atom. The van der Waals surface area contributed by atoms with Gasteiger partial charge in [0.25, 0.3) is 0 Å². The van der Waals surface area contributed by atoms with E-state index in [9.17, 15) is 13.2 Å². The Morgan fingerprint density at radius 1 is 1.35 bits per heavy atom. The van der Waals surface area contributed by atoms with Gasteiger partial charge in [-0.05, 0) is 12.6 Å². The highest BCUT2D eigenvalue weighted by atomic mass is 35.5. The maximum Gasteiger partial charge on any atom is 0.417 e. The van der Waals surface area contributed by atoms with Crippen LogP contribution in [0.5, 0.6) is 0 Å². The van der Waals surface area contributed by atoms with Crippen LogP contribution < -0.4 is 5.73 Å². The lowest BCUT2D eigenvalue weighted by molar-refractivity contribution is -0.137. The van der Waals surface area contributed by atoms with Crippen molar-refractivity contribution in [2.45, 2.75) is 12.6 Å². The number of hydrogen-bond donors (Lipinski definition) is 1. The number of aromatic nitrogens is 2. The summed E-state index contributed by atoms with van der Waals surface area (Å²) in [5, 5.41) is -0.0249. The summed E-state index contributed by atoms with van der Waals surface area (Å²) in [7, 11) is 0. The molecule has 3 nitrogen and oxygen atoms in total. The van der Waals surface area contributed by atoms with E-state index in [1.54, 1.807) is 0 Å². The third-order valence-electron chi connectivity index (χ3n) is 2.28. The molecule has 0 aliphatic rings. The molecule has 2 aromatic heterocycles. The van der Waals surface area contributed by atoms with Crippen molar-refractivity contribution >= 4 is 17.2 Å². The second-order valence-electron chi connectivity index (χ2n) is 3.58. The van der Waals surface area contributed by atoms with Crippen molar-refractivity contribution in [3.63, 3.8) is 0 Å². The molecule has 2 aromatic rings. The van der Waals surface area contributed by atoms with Crippen LogP contribution in [0.1, 0.15) is 11.3 Å². The van der Waals surface area contributed by atoms with Crippen LogP contribution in [0.25, 0.3) is 5.65 Å². The molecule has 0 spiro atoms. The van der Waals surface area contributed by atoms with Gasteiger partial charge in [0.05, 0.1) is 16.3 Å². The molecule has 0 saturated heterocycles. The van der Waals surface area contributed by atoms with Crippen molar-refractivity contribution < 1.29 is 13.2 Å². The number of nitrogens with two attached hydrogens (primary N) is 1. The van der Waals surface area contributed by atoms with Crippen LogP contribution in [0.3, 0.4) is 0 Å². The molecule has 0 bridgehead atoms. The number of fused-ring (bicyclic) bond motifs is 1. The van der Waals surface area contributed by atoms with E-state index in [0.717, 1.165) is 12.3 Å². The van der Waals surface area contributed by atoms with Crippen LogP contribution >= 0.6 is 11.6 Å². The molecule has 2 N–H and O–H groups in total. The van der Waals surface area contributed by atoms with Crippen LogP contribution in [0.15, 0.2) is 18.5 Å². The van der Waals surface area contributed by atoms with Crippen molar-refractivity contribution in [1.29, 1.82) is 0 Å². The van der Waals surface area contributed by atoms with Gasteiger partial charge in [0, 0.05) is 18.8 Å². The zero-order valence-electron chi connectivity index (χ0n) is 8.63. The monoisotopic (exact) mass is 263 g/mol. The average molecular weight is 264 g/mol. The molecule has 0 atom stereocenters. The largest absolute Gasteiger partial charge is 0.417 e. The second-order valence-corrected chi connectivity index (χ2v) is 3.98. The van der Waals surface area contributed by atoms with Gasteiger partial charge < -0.3 is 10.1 Å². The Hall–Kier alpha value is -1.27. The molecular weight excluding hydrogens is 255 g/mol. The fourth-order valence-corrected chi connectivity index (χ4v) is 1.79. The summed E-state index contributed by atoms with van der Waals surface area (Å²) < 4.78 is 38.9. The number of pyridine rings is 1. The molecule has 0 unspecified atom stereocenters. The Bertz CT molecular complexity index is 547. The summed E-state index contributed by atoms with van der Waals surface area (Å²) in [6.07, 6.45) is -1.45. The maximum absolute atomic E-state index is 12.5. The topological polar surface area (TPSA) is 43.3 Å². The number of alkyl halides is 3. The molecule has 92 valence electrons. The van der Waals surface area contributed by atoms with Crippen molar-refractivity contribution in [3.8, 4) is 0 Å². The summed E-state index contributed by atoms with van der Waals surface area (Å²) >= 11 is 5.77. The van der Waals surface area contributed by atoms with Crippen molar-refractivity contribution in [1.82, 2.24) is 9.38 Å². The highest BCUT2D eigenvalue weighted by Gasteiger charge is 2.31. The first kappa shape index (κ1) is 12.2. The molecule has 2 rings (SSSR count). The van der Waals surface area contributed by atoms with Gasteiger partial charge in [-0.3, -0.25) is 0 Å². The van der Waals surface area contributed by atoms with Crippen LogP contribution in [0.2, 0.25) is 5.02 Å². The molecule has 0 radical (unpaired) electrons. The Morgan fingerprint density at radius 2 is 2.06 bits per heavy atom. The Kier molecular flexibility index (Phi) is 3.01. The van der Waals surface area contributed by atoms with Gasteiger partial charge in [0.1, 0.15) is 0 Å². The molecule has 0 amide bonds. The molecule has 2 heterocycles. The molecule has 0 aliphatic heterocycles. The highest BCUT2D eigenvalue weighted by Crippen LogP contribution is 2.32. The highest BCUT2D eigenvalue weighted by molar-refractivity contribution is 6.33. The number of rotatable bonds is 2. The minimum atomic E-state index is -4.42. The van der Waals surface area contributed by atoms with Gasteiger partial charge in [-0.1, -0.05) is 11.6 Å². The number of imidazole rings is 1. The fourth-order valence-electron chi connectivity index (χ4n) is 1.53. The van der Waals surface area contributed by atoms with Crippen molar-refractivity contribution in [2.75, 3.05) is 6.54 Å². The van der Waals surface area contributed by atoms with E-state index < -0.39 is 11.7 Å². The molecule has 17 heavy (non-hydrogen) atoms. The molecule has 7 heteroatoms. The zero-order chi connectivity index (χ0) is 12.6. The first-order chi connectivity index (χ1) is 7.91. The lowest BCUT2D eigenvalue weighted by Gasteiger charge is -2.07. The van der Waals surface area contributed by atoms with Gasteiger partial charge >= 0.3 is 6.18 Å². The molecule has 0 aromatic carbocycles. The van der Waals surface area contributed by atoms with Crippen LogP contribution in [0.4, 0.5) is 13.2 Å². The van der Waals surface area contributed by atoms with Crippen LogP contribution in [-0.4, -0.2) is 15.9 Å². The summed E-state index contributed by atoms with van der Waals surface area (Å²) in [5.41, 5.74) is 5.49. The van der Waals surface area contributed by atoms with E-state index in [1.165, 1.54) is 10.6 Å². The zero-order valence-corrected chi connectivity index (χ0v) is 9.39. The minimum absolute atomic E-state index is 0.0249. The van der Waals surface area contributed by atoms with Crippen LogP contribution in [0, 0.1) is 0 Å². The van der Waals surface area contributed by atoms with E-state index in [2.05, 4.69) is 4.98 Å². The molecule has 0 fully saturated rings. The normalized spacial score (nSPS) is 12.3. The van der Waals surface area contributed by atoms with Crippen molar-refractivity contribution in [3.05, 3.63) is 34.7 Å². The van der Waals surface area contributed by atoms with Gasteiger partial charge in [-0.2, -0.15) is 13.2 Å². The van der Waals surface area contributed by atoms with Gasteiger partial charge in [0.2, 0.25) is 0 Å². The van der Waals surface area contributed by atoms with E-state index in [0.29, 0.717) is 24.3 Å². The van der Waals surface area contributed by atoms with E-state index in [4.69, 9.17) is 17.3 Å². The maximum atomic E-state index is 12.5. The Balaban J connectivity index is 2.57. The molecule has 0 saturated carbocycles. The number of hydrogen-bond acceptors (Lipinski definition) is 2. The lowest BCUT2D eigenvalue weighted by atomic mass is 10.3. The quantitative estimate of drug-likeness (QED) is 0.905. The lowest BCUT2D eigenvalue weighted by Crippen LogP contribution is -2.06. The van der Waals surface area contributed by atoms with Crippen molar-refractivity contribution in [2.24, 2.45) is 5.73 Å². The number of nitrogens with zero attached hydrogens (tertiary/aromatic N) is 2. The SMILES string of the molecule is NCCc1cn2cc(C(F)(F)F)cc(Cl)c2n1. The predicted octanol–water partition coefficient (Wildman–Crippen LogP) is 2.51. The van der Waals surface area contributed by atoms with Gasteiger partial charge in [0.15, 0.2) is 5.65 Å². The summed E-state index contributed by atoms with van der Waals surface area (Å²) in [4.78, 5) is 4.11. The second kappa shape index (κ2) is 4.19. The minimum Gasteiger partial charge on any atom is -0.330 e. The number of halogens is 4. The third kappa shape index (κ3) is 2.37. The first-order valence-corrected chi connectivity index (χ1v) is 5.24. The van der Waals surface area contributed by atoms with E-state index >= 15 is 0 Å². The summed E-state index contributed by atoms with van der Waals surface area (Å²) in [6, 6.07) is 0.871. The van der Waals surface area contributed by atoms with E-state index in [-0.39, 0.29) is 5.02 Å². The van der Waals surface area contributed by atoms with Crippen LogP contribution in [-0.2, 0) is 12.6 Å². The van der Waals surface area contributed by atoms with Gasteiger partial charge in [-0.25, -0.2) is 4.98 Å². The van der Waals surface area contributed by atoms with Gasteiger partial charge in [-0.15, -0.1) is 0 Å². The first-order valence-electron chi connectivity index (χ1n) is 4.86. The average Bonchev–Trinajstić information content (AvgIpc) is 2.60.